The molecular formula is C23H22ClF3N2O4. The number of hydrogen-bond acceptors (Lipinski definition) is 5. The maximum Gasteiger partial charge on any atom is 0.416 e. The van der Waals surface area contributed by atoms with Gasteiger partial charge in [0, 0.05) is 10.9 Å². The fourth-order valence-corrected chi connectivity index (χ4v) is 2.95. The van der Waals surface area contributed by atoms with E-state index in [2.05, 4.69) is 5.32 Å². The lowest BCUT2D eigenvalue weighted by molar-refractivity contribution is -0.142. The van der Waals surface area contributed by atoms with Crippen LogP contribution in [0.25, 0.3) is 10.8 Å². The molecule has 0 unspecified atom stereocenters. The van der Waals surface area contributed by atoms with Gasteiger partial charge in [-0.3, -0.25) is 9.59 Å². The molecule has 1 amide bonds. The first-order valence-corrected chi connectivity index (χ1v) is 9.72. The van der Waals surface area contributed by atoms with E-state index >= 15 is 0 Å². The van der Waals surface area contributed by atoms with Gasteiger partial charge in [0.2, 0.25) is 0 Å². The second kappa shape index (κ2) is 11.0. The molecule has 0 spiro atoms. The number of carbonyl (C=O) groups excluding carboxylic acids is 2. The average Bonchev–Trinajstić information content (AvgIpc) is 2.77. The number of ether oxygens (including phenoxy) is 2. The summed E-state index contributed by atoms with van der Waals surface area (Å²) in [6.07, 6.45) is -4.42. The summed E-state index contributed by atoms with van der Waals surface area (Å²) in [5.74, 6) is -0.209. The SMILES string of the molecule is C[C@H](COC(=O)CN)NC(=O)c1ccc2c(Oc3ccc(C(F)(F)F)cc3)cccc2c1.Cl. The Bertz CT molecular complexity index is 1120. The highest BCUT2D eigenvalue weighted by Gasteiger charge is 2.30. The van der Waals surface area contributed by atoms with Gasteiger partial charge in [0.25, 0.3) is 5.91 Å². The van der Waals surface area contributed by atoms with Crippen LogP contribution in [0.2, 0.25) is 0 Å². The van der Waals surface area contributed by atoms with Crippen LogP contribution in [0, 0.1) is 0 Å². The van der Waals surface area contributed by atoms with Crippen molar-refractivity contribution in [2.24, 2.45) is 5.73 Å². The molecular weight excluding hydrogens is 461 g/mol. The van der Waals surface area contributed by atoms with Gasteiger partial charge in [-0.2, -0.15) is 13.2 Å². The summed E-state index contributed by atoms with van der Waals surface area (Å²) in [6, 6.07) is 14.2. The zero-order chi connectivity index (χ0) is 23.3. The Hall–Kier alpha value is -3.30. The van der Waals surface area contributed by atoms with Crippen LogP contribution < -0.4 is 15.8 Å². The van der Waals surface area contributed by atoms with Gasteiger partial charge >= 0.3 is 12.1 Å². The number of nitrogens with one attached hydrogen (secondary N) is 1. The standard InChI is InChI=1S/C23H21F3N2O4.ClH/c1-14(13-31-21(29)12-27)28-22(30)16-5-10-19-15(11-16)3-2-4-20(19)32-18-8-6-17(7-9-18)23(24,25)26;/h2-11,14H,12-13,27H2,1H3,(H,28,30);1H/t14-;/m1./s1. The average molecular weight is 483 g/mol. The maximum absolute atomic E-state index is 12.7. The highest BCUT2D eigenvalue weighted by Crippen LogP contribution is 2.33. The van der Waals surface area contributed by atoms with E-state index in [9.17, 15) is 22.8 Å². The summed E-state index contributed by atoms with van der Waals surface area (Å²) in [7, 11) is 0. The van der Waals surface area contributed by atoms with Crippen molar-refractivity contribution in [2.45, 2.75) is 19.1 Å². The molecule has 176 valence electrons. The number of nitrogens with two attached hydrogens (primary N) is 1. The molecule has 33 heavy (non-hydrogen) atoms. The molecule has 3 rings (SSSR count). The zero-order valence-corrected chi connectivity index (χ0v) is 18.3. The van der Waals surface area contributed by atoms with Crippen LogP contribution in [-0.4, -0.2) is 31.1 Å². The van der Waals surface area contributed by atoms with Gasteiger partial charge in [-0.05, 0) is 60.8 Å². The van der Waals surface area contributed by atoms with Crippen LogP contribution in [0.5, 0.6) is 11.5 Å². The van der Waals surface area contributed by atoms with Crippen molar-refractivity contribution in [1.29, 1.82) is 0 Å². The Kier molecular flexibility index (Phi) is 8.67. The minimum Gasteiger partial charge on any atom is -0.463 e. The van der Waals surface area contributed by atoms with Crippen molar-refractivity contribution in [3.05, 3.63) is 71.8 Å². The van der Waals surface area contributed by atoms with E-state index in [4.69, 9.17) is 15.2 Å². The molecule has 0 fully saturated rings. The predicted molar refractivity (Wildman–Crippen MR) is 120 cm³/mol. The van der Waals surface area contributed by atoms with Crippen LogP contribution in [0.3, 0.4) is 0 Å². The second-order valence-electron chi connectivity index (χ2n) is 7.08. The molecule has 1 atom stereocenters. The predicted octanol–water partition coefficient (Wildman–Crippen LogP) is 4.69. The van der Waals surface area contributed by atoms with Gasteiger partial charge in [-0.25, -0.2) is 0 Å². The van der Waals surface area contributed by atoms with Crippen molar-refractivity contribution < 1.29 is 32.2 Å². The summed E-state index contributed by atoms with van der Waals surface area (Å²) in [6.45, 7) is 1.46. The quantitative estimate of drug-likeness (QED) is 0.477. The summed E-state index contributed by atoms with van der Waals surface area (Å²) < 4.78 is 48.9. The third-order valence-electron chi connectivity index (χ3n) is 4.55. The summed E-state index contributed by atoms with van der Waals surface area (Å²) in [4.78, 5) is 23.6. The van der Waals surface area contributed by atoms with Crippen molar-refractivity contribution in [3.63, 3.8) is 0 Å². The normalized spacial score (nSPS) is 11.9. The lowest BCUT2D eigenvalue weighted by Gasteiger charge is -2.15. The Labute approximate surface area is 194 Å². The lowest BCUT2D eigenvalue weighted by Crippen LogP contribution is -2.37. The Morgan fingerprint density at radius 1 is 1.06 bits per heavy atom. The number of esters is 1. The van der Waals surface area contributed by atoms with Gasteiger partial charge in [-0.15, -0.1) is 12.4 Å². The molecule has 0 saturated carbocycles. The number of rotatable bonds is 7. The van der Waals surface area contributed by atoms with Crippen molar-refractivity contribution in [2.75, 3.05) is 13.2 Å². The molecule has 0 aliphatic rings. The molecule has 3 aromatic rings. The smallest absolute Gasteiger partial charge is 0.416 e. The van der Waals surface area contributed by atoms with Crippen LogP contribution in [-0.2, 0) is 15.7 Å². The Morgan fingerprint density at radius 2 is 1.76 bits per heavy atom. The highest BCUT2D eigenvalue weighted by atomic mass is 35.5. The first-order chi connectivity index (χ1) is 15.2. The zero-order valence-electron chi connectivity index (χ0n) is 17.5. The number of amides is 1. The topological polar surface area (TPSA) is 90.6 Å². The molecule has 6 nitrogen and oxygen atoms in total. The van der Waals surface area contributed by atoms with Gasteiger partial charge in [0.1, 0.15) is 18.1 Å². The molecule has 0 radical (unpaired) electrons. The van der Waals surface area contributed by atoms with Crippen LogP contribution in [0.1, 0.15) is 22.8 Å². The lowest BCUT2D eigenvalue weighted by atomic mass is 10.1. The maximum atomic E-state index is 12.7. The second-order valence-corrected chi connectivity index (χ2v) is 7.08. The van der Waals surface area contributed by atoms with E-state index in [1.54, 1.807) is 43.3 Å². The molecule has 0 aliphatic carbocycles. The summed E-state index contributed by atoms with van der Waals surface area (Å²) in [5.41, 5.74) is 4.80. The van der Waals surface area contributed by atoms with E-state index in [-0.39, 0.29) is 37.2 Å². The molecule has 0 bridgehead atoms. The molecule has 0 heterocycles. The van der Waals surface area contributed by atoms with Crippen LogP contribution in [0.15, 0.2) is 60.7 Å². The largest absolute Gasteiger partial charge is 0.463 e. The van der Waals surface area contributed by atoms with Crippen molar-refractivity contribution >= 4 is 35.1 Å². The fraction of sp³-hybridized carbons (Fsp3) is 0.217. The third kappa shape index (κ3) is 6.84. The number of carbonyl (C=O) groups is 2. The van der Waals surface area contributed by atoms with Gasteiger partial charge in [0.15, 0.2) is 0 Å². The summed E-state index contributed by atoms with van der Waals surface area (Å²) >= 11 is 0. The number of hydrogen-bond donors (Lipinski definition) is 2. The molecule has 10 heteroatoms. The van der Waals surface area contributed by atoms with E-state index in [0.717, 1.165) is 12.1 Å². The summed E-state index contributed by atoms with van der Waals surface area (Å²) in [5, 5.41) is 4.13. The first-order valence-electron chi connectivity index (χ1n) is 9.72. The number of alkyl halides is 3. The fourth-order valence-electron chi connectivity index (χ4n) is 2.95. The Balaban J connectivity index is 0.00000385. The molecule has 0 aliphatic heterocycles. The number of fused-ring (bicyclic) bond motifs is 1. The number of benzene rings is 3. The molecule has 0 saturated heterocycles. The third-order valence-corrected chi connectivity index (χ3v) is 4.55. The molecule has 3 N–H and O–H groups in total. The van der Waals surface area contributed by atoms with E-state index in [1.165, 1.54) is 12.1 Å². The Morgan fingerprint density at radius 3 is 2.39 bits per heavy atom. The van der Waals surface area contributed by atoms with Crippen LogP contribution >= 0.6 is 12.4 Å². The molecule has 3 aromatic carbocycles. The van der Waals surface area contributed by atoms with Gasteiger partial charge in [0.05, 0.1) is 18.2 Å². The van der Waals surface area contributed by atoms with Crippen LogP contribution in [0.4, 0.5) is 13.2 Å². The minimum atomic E-state index is -4.42. The number of halogens is 4. The molecule has 0 aromatic heterocycles. The monoisotopic (exact) mass is 482 g/mol. The van der Waals surface area contributed by atoms with E-state index < -0.39 is 23.8 Å². The van der Waals surface area contributed by atoms with Crippen molar-refractivity contribution in [1.82, 2.24) is 5.32 Å². The highest BCUT2D eigenvalue weighted by molar-refractivity contribution is 6.00. The van der Waals surface area contributed by atoms with E-state index in [0.29, 0.717) is 22.1 Å². The minimum absolute atomic E-state index is 0. The first kappa shape index (κ1) is 26.0. The van der Waals surface area contributed by atoms with Gasteiger partial charge < -0.3 is 20.5 Å². The van der Waals surface area contributed by atoms with E-state index in [1.807, 2.05) is 0 Å². The van der Waals surface area contributed by atoms with Gasteiger partial charge in [-0.1, -0.05) is 12.1 Å². The van der Waals surface area contributed by atoms with Crippen molar-refractivity contribution in [3.8, 4) is 11.5 Å².